The van der Waals surface area contributed by atoms with Crippen molar-refractivity contribution in [1.29, 1.82) is 0 Å². The molecule has 0 bridgehead atoms. The first-order valence-electron chi connectivity index (χ1n) is 6.44. The third-order valence-corrected chi connectivity index (χ3v) is 2.81. The van der Waals surface area contributed by atoms with E-state index >= 15 is 0 Å². The van der Waals surface area contributed by atoms with Crippen LogP contribution >= 0.6 is 0 Å². The van der Waals surface area contributed by atoms with Gasteiger partial charge in [-0.1, -0.05) is 13.8 Å². The highest BCUT2D eigenvalue weighted by atomic mass is 16.5. The van der Waals surface area contributed by atoms with Gasteiger partial charge in [0, 0.05) is 32.5 Å². The molecule has 1 rings (SSSR count). The molecular formula is C13H25N3O2. The van der Waals surface area contributed by atoms with E-state index in [1.807, 2.05) is 17.9 Å². The van der Waals surface area contributed by atoms with E-state index in [-0.39, 0.29) is 6.10 Å². The lowest BCUT2D eigenvalue weighted by molar-refractivity contribution is 0.0594. The topological polar surface area (TPSA) is 59.3 Å². The van der Waals surface area contributed by atoms with Gasteiger partial charge in [-0.15, -0.1) is 0 Å². The smallest absolute Gasteiger partial charge is 0.0785 e. The molecule has 18 heavy (non-hydrogen) atoms. The average molecular weight is 255 g/mol. The van der Waals surface area contributed by atoms with Crippen LogP contribution in [0.5, 0.6) is 0 Å². The van der Waals surface area contributed by atoms with Crippen LogP contribution in [-0.2, 0) is 18.3 Å². The summed E-state index contributed by atoms with van der Waals surface area (Å²) in [6, 6.07) is 0. The van der Waals surface area contributed by atoms with Gasteiger partial charge in [-0.2, -0.15) is 5.10 Å². The maximum atomic E-state index is 9.51. The molecule has 0 spiro atoms. The summed E-state index contributed by atoms with van der Waals surface area (Å²) in [5.41, 5.74) is 2.37. The van der Waals surface area contributed by atoms with Crippen molar-refractivity contribution in [3.05, 3.63) is 17.5 Å². The van der Waals surface area contributed by atoms with E-state index in [1.54, 1.807) is 7.11 Å². The van der Waals surface area contributed by atoms with Crippen molar-refractivity contribution in [2.75, 3.05) is 20.3 Å². The monoisotopic (exact) mass is 255 g/mol. The molecule has 0 radical (unpaired) electrons. The predicted octanol–water partition coefficient (Wildman–Crippen LogP) is 1.03. The number of rotatable bonds is 8. The van der Waals surface area contributed by atoms with Gasteiger partial charge in [0.05, 0.1) is 18.4 Å². The Balaban J connectivity index is 2.35. The van der Waals surface area contributed by atoms with Gasteiger partial charge in [0.1, 0.15) is 0 Å². The molecule has 1 aromatic rings. The van der Waals surface area contributed by atoms with Gasteiger partial charge >= 0.3 is 0 Å². The van der Waals surface area contributed by atoms with Gasteiger partial charge in [0.2, 0.25) is 0 Å². The molecule has 1 atom stereocenters. The second-order valence-corrected chi connectivity index (χ2v) is 4.94. The summed E-state index contributed by atoms with van der Waals surface area (Å²) >= 11 is 0. The second-order valence-electron chi connectivity index (χ2n) is 4.94. The van der Waals surface area contributed by atoms with Crippen molar-refractivity contribution in [2.45, 2.75) is 38.8 Å². The fourth-order valence-electron chi connectivity index (χ4n) is 1.94. The molecule has 104 valence electrons. The Hall–Kier alpha value is -0.910. The minimum atomic E-state index is -0.388. The summed E-state index contributed by atoms with van der Waals surface area (Å²) in [7, 11) is 3.54. The van der Waals surface area contributed by atoms with Crippen LogP contribution < -0.4 is 5.32 Å². The van der Waals surface area contributed by atoms with Gasteiger partial charge in [-0.05, 0) is 18.9 Å². The minimum absolute atomic E-state index is 0.388. The van der Waals surface area contributed by atoms with Gasteiger partial charge in [-0.3, -0.25) is 4.68 Å². The number of aryl methyl sites for hydroxylation is 1. The van der Waals surface area contributed by atoms with Crippen LogP contribution in [0, 0.1) is 0 Å². The first-order valence-corrected chi connectivity index (χ1v) is 6.44. The molecule has 0 aliphatic rings. The van der Waals surface area contributed by atoms with Crippen LogP contribution in [0.2, 0.25) is 0 Å². The van der Waals surface area contributed by atoms with Crippen LogP contribution in [0.15, 0.2) is 6.20 Å². The minimum Gasteiger partial charge on any atom is -0.391 e. The van der Waals surface area contributed by atoms with Crippen LogP contribution in [0.4, 0.5) is 0 Å². The Morgan fingerprint density at radius 3 is 2.83 bits per heavy atom. The normalized spacial score (nSPS) is 13.2. The zero-order chi connectivity index (χ0) is 13.5. The van der Waals surface area contributed by atoms with E-state index in [2.05, 4.69) is 24.3 Å². The lowest BCUT2D eigenvalue weighted by Crippen LogP contribution is -2.23. The molecule has 0 aliphatic carbocycles. The van der Waals surface area contributed by atoms with E-state index in [4.69, 9.17) is 4.74 Å². The lowest BCUT2D eigenvalue weighted by atomic mass is 10.1. The summed E-state index contributed by atoms with van der Waals surface area (Å²) in [6.45, 7) is 6.26. The molecule has 2 N–H and O–H groups in total. The maximum Gasteiger partial charge on any atom is 0.0785 e. The Kier molecular flexibility index (Phi) is 6.32. The van der Waals surface area contributed by atoms with Crippen molar-refractivity contribution < 1.29 is 9.84 Å². The van der Waals surface area contributed by atoms with Crippen molar-refractivity contribution in [2.24, 2.45) is 7.05 Å². The van der Waals surface area contributed by atoms with Crippen LogP contribution in [0.25, 0.3) is 0 Å². The second kappa shape index (κ2) is 7.51. The van der Waals surface area contributed by atoms with E-state index in [0.29, 0.717) is 18.9 Å². The fraction of sp³-hybridized carbons (Fsp3) is 0.769. The number of hydrogen-bond donors (Lipinski definition) is 2. The molecule has 0 saturated carbocycles. The molecule has 0 amide bonds. The van der Waals surface area contributed by atoms with Crippen LogP contribution in [-0.4, -0.2) is 41.3 Å². The highest BCUT2D eigenvalue weighted by Crippen LogP contribution is 2.16. The van der Waals surface area contributed by atoms with E-state index < -0.39 is 0 Å². The summed E-state index contributed by atoms with van der Waals surface area (Å²) in [4.78, 5) is 0. The van der Waals surface area contributed by atoms with Gasteiger partial charge < -0.3 is 15.2 Å². The first-order chi connectivity index (χ1) is 8.54. The van der Waals surface area contributed by atoms with E-state index in [9.17, 15) is 5.11 Å². The average Bonchev–Trinajstić information content (AvgIpc) is 2.66. The Morgan fingerprint density at radius 2 is 2.22 bits per heavy atom. The van der Waals surface area contributed by atoms with Crippen molar-refractivity contribution in [1.82, 2.24) is 15.1 Å². The zero-order valence-electron chi connectivity index (χ0n) is 11.8. The Labute approximate surface area is 109 Å². The molecule has 5 heteroatoms. The van der Waals surface area contributed by atoms with Gasteiger partial charge in [-0.25, -0.2) is 0 Å². The van der Waals surface area contributed by atoms with E-state index in [1.165, 1.54) is 5.56 Å². The maximum absolute atomic E-state index is 9.51. The first kappa shape index (κ1) is 15.1. The number of hydrogen-bond acceptors (Lipinski definition) is 4. The summed E-state index contributed by atoms with van der Waals surface area (Å²) < 4.78 is 6.74. The molecule has 0 aliphatic heterocycles. The number of aliphatic hydroxyl groups is 1. The predicted molar refractivity (Wildman–Crippen MR) is 71.5 cm³/mol. The van der Waals surface area contributed by atoms with Crippen LogP contribution in [0.3, 0.4) is 0 Å². The molecule has 0 aromatic carbocycles. The summed E-state index contributed by atoms with van der Waals surface area (Å²) in [5.74, 6) is 0.432. The van der Waals surface area contributed by atoms with Gasteiger partial charge in [0.15, 0.2) is 0 Å². The van der Waals surface area contributed by atoms with Crippen molar-refractivity contribution in [3.63, 3.8) is 0 Å². The Bertz CT molecular complexity index is 350. The molecule has 0 fully saturated rings. The highest BCUT2D eigenvalue weighted by molar-refractivity contribution is 5.19. The SMILES string of the molecule is COCC(O)CCNCc1cn(C)nc1C(C)C. The zero-order valence-corrected chi connectivity index (χ0v) is 11.8. The Morgan fingerprint density at radius 1 is 1.50 bits per heavy atom. The molecule has 5 nitrogen and oxygen atoms in total. The van der Waals surface area contributed by atoms with Crippen molar-refractivity contribution >= 4 is 0 Å². The third kappa shape index (κ3) is 4.76. The lowest BCUT2D eigenvalue weighted by Gasteiger charge is -2.10. The van der Waals surface area contributed by atoms with Crippen LogP contribution in [0.1, 0.15) is 37.4 Å². The van der Waals surface area contributed by atoms with Gasteiger partial charge in [0.25, 0.3) is 0 Å². The number of aromatic nitrogens is 2. The summed E-state index contributed by atoms with van der Waals surface area (Å²) in [5, 5.41) is 17.3. The van der Waals surface area contributed by atoms with Crippen molar-refractivity contribution in [3.8, 4) is 0 Å². The number of nitrogens with zero attached hydrogens (tertiary/aromatic N) is 2. The molecule has 1 heterocycles. The number of ether oxygens (including phenoxy) is 1. The molecule has 1 unspecified atom stereocenters. The number of nitrogens with one attached hydrogen (secondary N) is 1. The third-order valence-electron chi connectivity index (χ3n) is 2.81. The number of aliphatic hydroxyl groups excluding tert-OH is 1. The standard InChI is InChI=1S/C13H25N3O2/c1-10(2)13-11(8-16(3)15-13)7-14-6-5-12(17)9-18-4/h8,10,12,14,17H,5-7,9H2,1-4H3. The molecular weight excluding hydrogens is 230 g/mol. The largest absolute Gasteiger partial charge is 0.391 e. The fourth-order valence-corrected chi connectivity index (χ4v) is 1.94. The van der Waals surface area contributed by atoms with E-state index in [0.717, 1.165) is 18.8 Å². The summed E-state index contributed by atoms with van der Waals surface area (Å²) in [6.07, 6.45) is 2.36. The quantitative estimate of drug-likeness (QED) is 0.681. The molecule has 0 saturated heterocycles. The highest BCUT2D eigenvalue weighted by Gasteiger charge is 2.11. The number of methoxy groups -OCH3 is 1. The molecule has 1 aromatic heterocycles.